The summed E-state index contributed by atoms with van der Waals surface area (Å²) in [6, 6.07) is 9.70. The number of aryl methyl sites for hydroxylation is 1. The van der Waals surface area contributed by atoms with Gasteiger partial charge in [0.2, 0.25) is 0 Å². The molecule has 0 bridgehead atoms. The van der Waals surface area contributed by atoms with E-state index in [4.69, 9.17) is 0 Å². The van der Waals surface area contributed by atoms with Gasteiger partial charge in [-0.2, -0.15) is 5.10 Å². The fraction of sp³-hybridized carbons (Fsp3) is 0.583. The molecule has 1 aliphatic carbocycles. The van der Waals surface area contributed by atoms with Crippen molar-refractivity contribution < 1.29 is 4.79 Å². The highest BCUT2D eigenvalue weighted by molar-refractivity contribution is 5.92. The molecule has 3 aliphatic rings. The van der Waals surface area contributed by atoms with Gasteiger partial charge in [-0.25, -0.2) is 0 Å². The molecule has 1 amide bonds. The minimum absolute atomic E-state index is 0.0867. The first kappa shape index (κ1) is 19.6. The van der Waals surface area contributed by atoms with E-state index in [2.05, 4.69) is 33.1 Å². The summed E-state index contributed by atoms with van der Waals surface area (Å²) in [5.41, 5.74) is 5.04. The zero-order chi connectivity index (χ0) is 20.5. The normalized spacial score (nSPS) is 21.0. The van der Waals surface area contributed by atoms with E-state index >= 15 is 0 Å². The SMILES string of the molecule is Cn1nccc1C(=O)N1CCN(c2ccc3c(c2)CCN(C2CCCC2)CC3)CC1. The number of nitrogens with zero attached hydrogens (tertiary/aromatic N) is 5. The third-order valence-corrected chi connectivity index (χ3v) is 7.34. The van der Waals surface area contributed by atoms with Crippen LogP contribution in [0.1, 0.15) is 47.3 Å². The van der Waals surface area contributed by atoms with Crippen LogP contribution in [0.3, 0.4) is 0 Å². The number of carbonyl (C=O) groups is 1. The summed E-state index contributed by atoms with van der Waals surface area (Å²) in [6.45, 7) is 5.71. The summed E-state index contributed by atoms with van der Waals surface area (Å²) in [4.78, 5) is 19.9. The van der Waals surface area contributed by atoms with Crippen molar-refractivity contribution in [3.63, 3.8) is 0 Å². The highest BCUT2D eigenvalue weighted by Gasteiger charge is 2.26. The molecule has 160 valence electrons. The second-order valence-corrected chi connectivity index (χ2v) is 9.05. The van der Waals surface area contributed by atoms with Gasteiger partial charge in [-0.1, -0.05) is 18.9 Å². The number of aromatic nitrogens is 2. The van der Waals surface area contributed by atoms with Gasteiger partial charge < -0.3 is 9.80 Å². The van der Waals surface area contributed by atoms with Crippen LogP contribution < -0.4 is 4.90 Å². The number of rotatable bonds is 3. The number of anilines is 1. The molecule has 0 spiro atoms. The van der Waals surface area contributed by atoms with Crippen LogP contribution in [-0.2, 0) is 19.9 Å². The topological polar surface area (TPSA) is 44.6 Å². The van der Waals surface area contributed by atoms with Gasteiger partial charge in [0.1, 0.15) is 5.69 Å². The van der Waals surface area contributed by atoms with Crippen molar-refractivity contribution >= 4 is 11.6 Å². The van der Waals surface area contributed by atoms with E-state index in [1.165, 1.54) is 68.4 Å². The quantitative estimate of drug-likeness (QED) is 0.785. The van der Waals surface area contributed by atoms with Crippen LogP contribution in [0.5, 0.6) is 0 Å². The van der Waals surface area contributed by atoms with Gasteiger partial charge in [-0.05, 0) is 55.0 Å². The lowest BCUT2D eigenvalue weighted by Gasteiger charge is -2.36. The molecule has 6 nitrogen and oxygen atoms in total. The Morgan fingerprint density at radius 2 is 1.67 bits per heavy atom. The summed E-state index contributed by atoms with van der Waals surface area (Å²) >= 11 is 0. The third-order valence-electron chi connectivity index (χ3n) is 7.34. The Hall–Kier alpha value is -2.34. The van der Waals surface area contributed by atoms with Crippen LogP contribution in [0, 0.1) is 0 Å². The highest BCUT2D eigenvalue weighted by atomic mass is 16.2. The second-order valence-electron chi connectivity index (χ2n) is 9.05. The Morgan fingerprint density at radius 1 is 0.933 bits per heavy atom. The van der Waals surface area contributed by atoms with Crippen LogP contribution in [-0.4, -0.2) is 70.8 Å². The number of piperazine rings is 1. The fourth-order valence-corrected chi connectivity index (χ4v) is 5.47. The first-order valence-corrected chi connectivity index (χ1v) is 11.6. The van der Waals surface area contributed by atoms with Crippen molar-refractivity contribution in [1.29, 1.82) is 0 Å². The van der Waals surface area contributed by atoms with Gasteiger partial charge in [0.15, 0.2) is 0 Å². The summed E-state index contributed by atoms with van der Waals surface area (Å²) in [6.07, 6.45) is 9.64. The molecule has 0 N–H and O–H groups in total. The largest absolute Gasteiger partial charge is 0.368 e. The molecule has 30 heavy (non-hydrogen) atoms. The number of amides is 1. The molecule has 2 aromatic rings. The first-order chi connectivity index (χ1) is 14.7. The summed E-state index contributed by atoms with van der Waals surface area (Å²) in [5, 5.41) is 4.13. The lowest BCUT2D eigenvalue weighted by atomic mass is 10.0. The molecule has 6 heteroatoms. The second kappa shape index (κ2) is 8.42. The summed E-state index contributed by atoms with van der Waals surface area (Å²) in [5.74, 6) is 0.0867. The Bertz CT molecular complexity index is 893. The molecule has 0 unspecified atom stereocenters. The van der Waals surface area contributed by atoms with Gasteiger partial charge in [-0.3, -0.25) is 14.4 Å². The zero-order valence-electron chi connectivity index (χ0n) is 18.1. The van der Waals surface area contributed by atoms with E-state index in [1.54, 1.807) is 16.9 Å². The fourth-order valence-electron chi connectivity index (χ4n) is 5.47. The predicted molar refractivity (Wildman–Crippen MR) is 119 cm³/mol. The molecule has 0 radical (unpaired) electrons. The average Bonchev–Trinajstić information content (AvgIpc) is 3.41. The Kier molecular flexibility index (Phi) is 5.50. The Labute approximate surface area is 179 Å². The van der Waals surface area contributed by atoms with E-state index in [9.17, 15) is 4.79 Å². The van der Waals surface area contributed by atoms with E-state index in [0.717, 1.165) is 32.2 Å². The molecular formula is C24H33N5O. The molecule has 0 atom stereocenters. The van der Waals surface area contributed by atoms with Crippen molar-refractivity contribution in [3.05, 3.63) is 47.3 Å². The molecule has 1 saturated carbocycles. The Balaban J connectivity index is 1.22. The lowest BCUT2D eigenvalue weighted by Crippen LogP contribution is -2.49. The summed E-state index contributed by atoms with van der Waals surface area (Å²) < 4.78 is 1.66. The van der Waals surface area contributed by atoms with Crippen molar-refractivity contribution in [2.75, 3.05) is 44.2 Å². The monoisotopic (exact) mass is 407 g/mol. The van der Waals surface area contributed by atoms with E-state index in [0.29, 0.717) is 5.69 Å². The number of benzene rings is 1. The van der Waals surface area contributed by atoms with E-state index in [-0.39, 0.29) is 5.91 Å². The molecule has 5 rings (SSSR count). The number of fused-ring (bicyclic) bond motifs is 1. The highest BCUT2D eigenvalue weighted by Crippen LogP contribution is 2.28. The first-order valence-electron chi connectivity index (χ1n) is 11.6. The van der Waals surface area contributed by atoms with E-state index < -0.39 is 0 Å². The van der Waals surface area contributed by atoms with Crippen molar-refractivity contribution in [3.8, 4) is 0 Å². The predicted octanol–water partition coefficient (Wildman–Crippen LogP) is 2.73. The van der Waals surface area contributed by atoms with Gasteiger partial charge in [0.25, 0.3) is 5.91 Å². The number of hydrogen-bond donors (Lipinski definition) is 0. The van der Waals surface area contributed by atoms with Crippen LogP contribution in [0.4, 0.5) is 5.69 Å². The molecular weight excluding hydrogens is 374 g/mol. The number of carbonyl (C=O) groups excluding carboxylic acids is 1. The maximum absolute atomic E-state index is 12.7. The van der Waals surface area contributed by atoms with Crippen molar-refractivity contribution in [1.82, 2.24) is 19.6 Å². The van der Waals surface area contributed by atoms with Gasteiger partial charge in [-0.15, -0.1) is 0 Å². The van der Waals surface area contributed by atoms with Gasteiger partial charge in [0.05, 0.1) is 0 Å². The molecule has 2 fully saturated rings. The molecule has 1 saturated heterocycles. The van der Waals surface area contributed by atoms with E-state index in [1.807, 2.05) is 11.9 Å². The Morgan fingerprint density at radius 3 is 2.37 bits per heavy atom. The van der Waals surface area contributed by atoms with Gasteiger partial charge >= 0.3 is 0 Å². The number of hydrogen-bond acceptors (Lipinski definition) is 4. The van der Waals surface area contributed by atoms with Crippen molar-refractivity contribution in [2.45, 2.75) is 44.6 Å². The van der Waals surface area contributed by atoms with Crippen LogP contribution >= 0.6 is 0 Å². The minimum Gasteiger partial charge on any atom is -0.368 e. The van der Waals surface area contributed by atoms with Gasteiger partial charge in [0, 0.05) is 64.2 Å². The molecule has 1 aromatic heterocycles. The molecule has 2 aliphatic heterocycles. The summed E-state index contributed by atoms with van der Waals surface area (Å²) in [7, 11) is 1.83. The third kappa shape index (κ3) is 3.85. The van der Waals surface area contributed by atoms with Crippen LogP contribution in [0.2, 0.25) is 0 Å². The molecule has 1 aromatic carbocycles. The maximum Gasteiger partial charge on any atom is 0.272 e. The smallest absolute Gasteiger partial charge is 0.272 e. The van der Waals surface area contributed by atoms with Crippen LogP contribution in [0.15, 0.2) is 30.5 Å². The van der Waals surface area contributed by atoms with Crippen LogP contribution in [0.25, 0.3) is 0 Å². The lowest BCUT2D eigenvalue weighted by molar-refractivity contribution is 0.0735. The molecule has 3 heterocycles. The zero-order valence-corrected chi connectivity index (χ0v) is 18.1. The standard InChI is InChI=1S/C24H33N5O/c1-26-23(8-11-25-26)24(30)29-16-14-28(15-17-29)22-7-6-19-9-12-27(13-10-20(19)18-22)21-4-2-3-5-21/h6-8,11,18,21H,2-5,9-10,12-17H2,1H3. The van der Waals surface area contributed by atoms with Crippen molar-refractivity contribution in [2.24, 2.45) is 7.05 Å². The maximum atomic E-state index is 12.7. The minimum atomic E-state index is 0.0867. The average molecular weight is 408 g/mol.